The summed E-state index contributed by atoms with van der Waals surface area (Å²) in [5, 5.41) is 2.55. The number of nitrogens with two attached hydrogens (primary N) is 1. The number of carbonyl (C=O) groups excluding carboxylic acids is 1. The Morgan fingerprint density at radius 2 is 1.85 bits per heavy atom. The Bertz CT molecular complexity index is 173. The molecule has 78 valence electrons. The zero-order valence-electron chi connectivity index (χ0n) is 9.05. The molecule has 0 saturated carbocycles. The fraction of sp³-hybridized carbons (Fsp3) is 0.889. The Morgan fingerprint density at radius 1 is 1.38 bits per heavy atom. The summed E-state index contributed by atoms with van der Waals surface area (Å²) in [6, 6.07) is 0. The van der Waals surface area contributed by atoms with Crippen molar-refractivity contribution in [3.8, 4) is 0 Å². The second kappa shape index (κ2) is 4.46. The van der Waals surface area contributed by atoms with Gasteiger partial charge in [-0.05, 0) is 26.7 Å². The fourth-order valence-electron chi connectivity index (χ4n) is 0.610. The topological polar surface area (TPSA) is 64.3 Å². The van der Waals surface area contributed by atoms with E-state index in [9.17, 15) is 4.79 Å². The molecule has 1 amide bonds. The van der Waals surface area contributed by atoms with Crippen LogP contribution in [0.3, 0.4) is 0 Å². The van der Waals surface area contributed by atoms with Gasteiger partial charge in [-0.3, -0.25) is 0 Å². The molecule has 4 heteroatoms. The van der Waals surface area contributed by atoms with Gasteiger partial charge >= 0.3 is 6.09 Å². The first kappa shape index (κ1) is 12.2. The van der Waals surface area contributed by atoms with Crippen LogP contribution < -0.4 is 11.1 Å². The highest BCUT2D eigenvalue weighted by Gasteiger charge is 2.18. The Morgan fingerprint density at radius 3 is 2.15 bits per heavy atom. The van der Waals surface area contributed by atoms with Crippen LogP contribution in [0.1, 0.15) is 34.6 Å². The van der Waals surface area contributed by atoms with Gasteiger partial charge in [-0.15, -0.1) is 0 Å². The van der Waals surface area contributed by atoms with E-state index in [0.717, 1.165) is 0 Å². The van der Waals surface area contributed by atoms with Gasteiger partial charge in [-0.2, -0.15) is 0 Å². The summed E-state index contributed by atoms with van der Waals surface area (Å²) in [6.07, 6.45) is -0.816. The van der Waals surface area contributed by atoms with E-state index < -0.39 is 11.7 Å². The number of amides is 1. The number of carbonyl (C=O) groups is 1. The molecule has 0 aromatic rings. The smallest absolute Gasteiger partial charge is 0.408 e. The highest BCUT2D eigenvalue weighted by atomic mass is 16.6. The predicted octanol–water partition coefficient (Wildman–Crippen LogP) is 1.45. The van der Waals surface area contributed by atoms with Crippen molar-refractivity contribution in [2.24, 2.45) is 11.7 Å². The van der Waals surface area contributed by atoms with E-state index in [0.29, 0.717) is 0 Å². The Kier molecular flexibility index (Phi) is 4.20. The molecule has 1 unspecified atom stereocenters. The van der Waals surface area contributed by atoms with Crippen molar-refractivity contribution in [1.82, 2.24) is 5.32 Å². The lowest BCUT2D eigenvalue weighted by Gasteiger charge is -2.23. The summed E-state index contributed by atoms with van der Waals surface area (Å²) in [7, 11) is 0. The van der Waals surface area contributed by atoms with E-state index in [2.05, 4.69) is 5.32 Å². The average Bonchev–Trinajstić information content (AvgIpc) is 1.81. The molecule has 0 saturated heterocycles. The third-order valence-corrected chi connectivity index (χ3v) is 1.40. The summed E-state index contributed by atoms with van der Waals surface area (Å²) in [6.45, 7) is 9.30. The molecular formula is C9H20N2O2. The van der Waals surface area contributed by atoms with Gasteiger partial charge in [0.25, 0.3) is 0 Å². The van der Waals surface area contributed by atoms with E-state index in [1.54, 1.807) is 0 Å². The molecule has 13 heavy (non-hydrogen) atoms. The second-order valence-corrected chi connectivity index (χ2v) is 4.42. The summed E-state index contributed by atoms with van der Waals surface area (Å²) in [5.74, 6) is 0.201. The molecule has 3 N–H and O–H groups in total. The largest absolute Gasteiger partial charge is 0.444 e. The van der Waals surface area contributed by atoms with E-state index in [1.165, 1.54) is 0 Å². The molecule has 1 atom stereocenters. The first-order chi connectivity index (χ1) is 5.72. The molecule has 0 spiro atoms. The zero-order chi connectivity index (χ0) is 10.6. The minimum atomic E-state index is -0.471. The molecule has 0 aromatic heterocycles. The van der Waals surface area contributed by atoms with Crippen molar-refractivity contribution in [3.05, 3.63) is 0 Å². The maximum Gasteiger partial charge on any atom is 0.408 e. The molecule has 4 nitrogen and oxygen atoms in total. The van der Waals surface area contributed by atoms with Crippen molar-refractivity contribution in [2.75, 3.05) is 0 Å². The van der Waals surface area contributed by atoms with Crippen LogP contribution in [0.25, 0.3) is 0 Å². The van der Waals surface area contributed by atoms with Crippen LogP contribution in [-0.2, 0) is 4.74 Å². The zero-order valence-corrected chi connectivity index (χ0v) is 9.05. The Labute approximate surface area is 79.8 Å². The van der Waals surface area contributed by atoms with Crippen LogP contribution >= 0.6 is 0 Å². The molecule has 0 fully saturated rings. The van der Waals surface area contributed by atoms with Crippen LogP contribution in [0.5, 0.6) is 0 Å². The second-order valence-electron chi connectivity index (χ2n) is 4.42. The van der Waals surface area contributed by atoms with Crippen LogP contribution in [-0.4, -0.2) is 17.9 Å². The molecule has 0 rings (SSSR count). The van der Waals surface area contributed by atoms with E-state index >= 15 is 0 Å². The quantitative estimate of drug-likeness (QED) is 0.645. The molecule has 0 bridgehead atoms. The minimum Gasteiger partial charge on any atom is -0.444 e. The SMILES string of the molecule is CC(C)C(N)NC(=O)OC(C)(C)C. The first-order valence-electron chi connectivity index (χ1n) is 4.47. The summed E-state index contributed by atoms with van der Waals surface area (Å²) < 4.78 is 5.03. The molecular weight excluding hydrogens is 168 g/mol. The molecule has 0 heterocycles. The normalized spacial score (nSPS) is 14.1. The lowest BCUT2D eigenvalue weighted by atomic mass is 10.2. The van der Waals surface area contributed by atoms with Crippen molar-refractivity contribution in [1.29, 1.82) is 0 Å². The third kappa shape index (κ3) is 6.40. The van der Waals surface area contributed by atoms with Gasteiger partial charge in [0.1, 0.15) is 5.60 Å². The molecule has 0 aromatic carbocycles. The van der Waals surface area contributed by atoms with Crippen LogP contribution in [0, 0.1) is 5.92 Å². The average molecular weight is 188 g/mol. The third-order valence-electron chi connectivity index (χ3n) is 1.40. The standard InChI is InChI=1S/C9H20N2O2/c1-6(2)7(10)11-8(12)13-9(3,4)5/h6-7H,10H2,1-5H3,(H,11,12). The van der Waals surface area contributed by atoms with Crippen LogP contribution in [0.15, 0.2) is 0 Å². The molecule has 0 aliphatic carbocycles. The summed E-state index contributed by atoms with van der Waals surface area (Å²) in [5.41, 5.74) is 5.15. The van der Waals surface area contributed by atoms with Gasteiger partial charge in [0.2, 0.25) is 0 Å². The maximum atomic E-state index is 11.2. The maximum absolute atomic E-state index is 11.2. The molecule has 0 aliphatic rings. The Hall–Kier alpha value is -0.770. The monoisotopic (exact) mass is 188 g/mol. The first-order valence-corrected chi connectivity index (χ1v) is 4.47. The number of nitrogens with one attached hydrogen (secondary N) is 1. The minimum absolute atomic E-state index is 0.201. The highest BCUT2D eigenvalue weighted by Crippen LogP contribution is 2.07. The lowest BCUT2D eigenvalue weighted by molar-refractivity contribution is 0.0492. The van der Waals surface area contributed by atoms with E-state index in [1.807, 2.05) is 34.6 Å². The van der Waals surface area contributed by atoms with Gasteiger partial charge in [-0.1, -0.05) is 13.8 Å². The fourth-order valence-corrected chi connectivity index (χ4v) is 0.610. The van der Waals surface area contributed by atoms with Gasteiger partial charge in [-0.25, -0.2) is 4.79 Å². The van der Waals surface area contributed by atoms with Gasteiger partial charge in [0.05, 0.1) is 6.17 Å². The van der Waals surface area contributed by atoms with Gasteiger partial charge in [0.15, 0.2) is 0 Å². The lowest BCUT2D eigenvalue weighted by Crippen LogP contribution is -2.47. The summed E-state index contributed by atoms with van der Waals surface area (Å²) >= 11 is 0. The number of hydrogen-bond acceptors (Lipinski definition) is 3. The van der Waals surface area contributed by atoms with E-state index in [4.69, 9.17) is 10.5 Å². The van der Waals surface area contributed by atoms with Crippen LogP contribution in [0.4, 0.5) is 4.79 Å². The number of hydrogen-bond donors (Lipinski definition) is 2. The number of rotatable bonds is 2. The number of alkyl carbamates (subject to hydrolysis) is 1. The van der Waals surface area contributed by atoms with Gasteiger partial charge in [0, 0.05) is 0 Å². The molecule has 0 radical (unpaired) electrons. The predicted molar refractivity (Wildman–Crippen MR) is 52.2 cm³/mol. The summed E-state index contributed by atoms with van der Waals surface area (Å²) in [4.78, 5) is 11.2. The number of ether oxygens (including phenoxy) is 1. The van der Waals surface area contributed by atoms with E-state index in [-0.39, 0.29) is 12.1 Å². The van der Waals surface area contributed by atoms with Crippen molar-refractivity contribution in [2.45, 2.75) is 46.4 Å². The highest BCUT2D eigenvalue weighted by molar-refractivity contribution is 5.67. The van der Waals surface area contributed by atoms with Crippen molar-refractivity contribution >= 4 is 6.09 Å². The molecule has 0 aliphatic heterocycles. The Balaban J connectivity index is 3.89. The van der Waals surface area contributed by atoms with Crippen LogP contribution in [0.2, 0.25) is 0 Å². The van der Waals surface area contributed by atoms with Crippen molar-refractivity contribution < 1.29 is 9.53 Å². The van der Waals surface area contributed by atoms with Gasteiger partial charge < -0.3 is 15.8 Å². The van der Waals surface area contributed by atoms with Crippen molar-refractivity contribution in [3.63, 3.8) is 0 Å².